The number of primary amides is 1. The Morgan fingerprint density at radius 3 is 1.95 bits per heavy atom. The first-order valence-corrected chi connectivity index (χ1v) is 19.2. The van der Waals surface area contributed by atoms with Crippen molar-refractivity contribution in [1.29, 1.82) is 0 Å². The van der Waals surface area contributed by atoms with Gasteiger partial charge < -0.3 is 59.5 Å². The van der Waals surface area contributed by atoms with Crippen molar-refractivity contribution < 1.29 is 43.5 Å². The predicted octanol–water partition coefficient (Wildman–Crippen LogP) is -2.10. The van der Waals surface area contributed by atoms with E-state index in [-0.39, 0.29) is 75.3 Å². The van der Waals surface area contributed by atoms with Crippen LogP contribution in [0.2, 0.25) is 0 Å². The molecule has 8 atom stereocenters. The molecule has 1 fully saturated rings. The molecule has 20 nitrogen and oxygen atoms in total. The minimum absolute atomic E-state index is 0.0377. The van der Waals surface area contributed by atoms with Crippen molar-refractivity contribution >= 4 is 53.3 Å². The molecule has 56 heavy (non-hydrogen) atoms. The Morgan fingerprint density at radius 1 is 0.786 bits per heavy atom. The number of guanidine groups is 1. The van der Waals surface area contributed by atoms with Crippen LogP contribution in [0.4, 0.5) is 0 Å². The van der Waals surface area contributed by atoms with Gasteiger partial charge in [0.2, 0.25) is 41.4 Å². The highest BCUT2D eigenvalue weighted by molar-refractivity contribution is 5.97. The van der Waals surface area contributed by atoms with Crippen molar-refractivity contribution in [2.24, 2.45) is 45.7 Å². The van der Waals surface area contributed by atoms with Gasteiger partial charge in [0.25, 0.3) is 0 Å². The van der Waals surface area contributed by atoms with Crippen LogP contribution < -0.4 is 49.5 Å². The number of hydrogen-bond donors (Lipinski definition) is 10. The van der Waals surface area contributed by atoms with Crippen LogP contribution >= 0.6 is 0 Å². The number of carboxylic acid groups (broad SMARTS) is 1. The molecular weight excluding hydrogens is 730 g/mol. The molecule has 14 N–H and O–H groups in total. The van der Waals surface area contributed by atoms with E-state index in [2.05, 4.69) is 31.6 Å². The average molecular weight is 796 g/mol. The van der Waals surface area contributed by atoms with E-state index in [4.69, 9.17) is 22.9 Å². The summed E-state index contributed by atoms with van der Waals surface area (Å²) >= 11 is 0. The molecule has 0 aromatic rings. The zero-order chi connectivity index (χ0) is 42.9. The van der Waals surface area contributed by atoms with Crippen LogP contribution in [0.3, 0.4) is 0 Å². The number of nitrogens with one attached hydrogen (secondary N) is 5. The number of likely N-dealkylation sites (tertiary alicyclic amines) is 1. The fraction of sp³-hybridized carbons (Fsp3) is 0.750. The summed E-state index contributed by atoms with van der Waals surface area (Å²) in [6.45, 7) is 12.3. The van der Waals surface area contributed by atoms with Crippen LogP contribution in [0.1, 0.15) is 99.8 Å². The van der Waals surface area contributed by atoms with Crippen LogP contribution in [0.5, 0.6) is 0 Å². The zero-order valence-electron chi connectivity index (χ0n) is 33.8. The van der Waals surface area contributed by atoms with Crippen LogP contribution in [-0.2, 0) is 38.4 Å². The number of nitrogens with two attached hydrogens (primary N) is 4. The molecule has 0 aromatic heterocycles. The van der Waals surface area contributed by atoms with Gasteiger partial charge in [-0.3, -0.25) is 38.6 Å². The summed E-state index contributed by atoms with van der Waals surface area (Å²) in [4.78, 5) is 109. The lowest BCUT2D eigenvalue weighted by Crippen LogP contribution is -2.60. The lowest BCUT2D eigenvalue weighted by Gasteiger charge is -2.31. The SMILES string of the molecule is CC[C@H](C)[C@H](N)C(=O)N[C@H](C(=O)N[C@@H](C)C(=O)N[C@@H](CCC(N)=O)C(=O)N1CCC[C@H]1C(=O)N[C@@H](CCCN=C(N)N)C(=O)N[C@@H](CC(C)C)C(=O)O)C(C)C. The molecule has 0 radical (unpaired) electrons. The molecule has 1 rings (SSSR count). The molecular formula is C36H65N11O9. The van der Waals surface area contributed by atoms with E-state index < -0.39 is 89.6 Å². The van der Waals surface area contributed by atoms with Gasteiger partial charge in [-0.2, -0.15) is 0 Å². The summed E-state index contributed by atoms with van der Waals surface area (Å²) in [7, 11) is 0. The van der Waals surface area contributed by atoms with Gasteiger partial charge in [0.1, 0.15) is 36.3 Å². The molecule has 0 unspecified atom stereocenters. The monoisotopic (exact) mass is 795 g/mol. The average Bonchev–Trinajstić information content (AvgIpc) is 3.61. The molecule has 0 saturated carbocycles. The third-order valence-electron chi connectivity index (χ3n) is 9.59. The van der Waals surface area contributed by atoms with E-state index >= 15 is 0 Å². The quantitative estimate of drug-likeness (QED) is 0.0285. The van der Waals surface area contributed by atoms with Crippen LogP contribution in [0, 0.1) is 17.8 Å². The van der Waals surface area contributed by atoms with E-state index in [0.29, 0.717) is 12.8 Å². The van der Waals surface area contributed by atoms with E-state index in [0.717, 1.165) is 0 Å². The van der Waals surface area contributed by atoms with Gasteiger partial charge in [-0.05, 0) is 63.2 Å². The maximum Gasteiger partial charge on any atom is 0.326 e. The second-order valence-electron chi connectivity index (χ2n) is 15.2. The Bertz CT molecular complexity index is 1420. The van der Waals surface area contributed by atoms with Crippen molar-refractivity contribution in [3.8, 4) is 0 Å². The highest BCUT2D eigenvalue weighted by Gasteiger charge is 2.40. The zero-order valence-corrected chi connectivity index (χ0v) is 33.8. The van der Waals surface area contributed by atoms with Gasteiger partial charge in [-0.1, -0.05) is 48.0 Å². The van der Waals surface area contributed by atoms with Crippen molar-refractivity contribution in [1.82, 2.24) is 31.5 Å². The summed E-state index contributed by atoms with van der Waals surface area (Å²) in [6, 6.07) is -7.90. The number of hydrogen-bond acceptors (Lipinski definition) is 10. The molecule has 0 spiro atoms. The third-order valence-corrected chi connectivity index (χ3v) is 9.59. The Hall–Kier alpha value is -5.01. The summed E-state index contributed by atoms with van der Waals surface area (Å²) in [6.07, 6.45) is 1.17. The third kappa shape index (κ3) is 16.4. The molecule has 1 saturated heterocycles. The van der Waals surface area contributed by atoms with Gasteiger partial charge in [-0.15, -0.1) is 0 Å². The summed E-state index contributed by atoms with van der Waals surface area (Å²) < 4.78 is 0. The number of carbonyl (C=O) groups is 8. The minimum Gasteiger partial charge on any atom is -0.480 e. The highest BCUT2D eigenvalue weighted by atomic mass is 16.4. The largest absolute Gasteiger partial charge is 0.480 e. The number of carboxylic acids is 1. The Morgan fingerprint density at radius 2 is 1.41 bits per heavy atom. The normalized spacial score (nSPS) is 17.7. The van der Waals surface area contributed by atoms with Crippen LogP contribution in [0.15, 0.2) is 4.99 Å². The first-order valence-electron chi connectivity index (χ1n) is 19.2. The number of rotatable bonds is 24. The Balaban J connectivity index is 3.20. The van der Waals surface area contributed by atoms with Gasteiger partial charge in [0.15, 0.2) is 5.96 Å². The van der Waals surface area contributed by atoms with E-state index in [1.54, 1.807) is 27.7 Å². The fourth-order valence-corrected chi connectivity index (χ4v) is 6.01. The van der Waals surface area contributed by atoms with Crippen LogP contribution in [-0.4, -0.2) is 119 Å². The number of aliphatic imine (C=N–C) groups is 1. The summed E-state index contributed by atoms with van der Waals surface area (Å²) in [5.74, 6) is -6.80. The first kappa shape index (κ1) is 49.0. The molecule has 0 aliphatic carbocycles. The molecule has 0 bridgehead atoms. The smallest absolute Gasteiger partial charge is 0.326 e. The van der Waals surface area contributed by atoms with E-state index in [1.807, 2.05) is 13.8 Å². The molecule has 1 aliphatic rings. The maximum absolute atomic E-state index is 14.0. The molecule has 7 amide bonds. The number of nitrogens with zero attached hydrogens (tertiary/aromatic N) is 2. The number of carbonyl (C=O) groups excluding carboxylic acids is 7. The molecule has 1 aliphatic heterocycles. The Kier molecular flexibility index (Phi) is 20.8. The van der Waals surface area contributed by atoms with Crippen molar-refractivity contribution in [2.45, 2.75) is 142 Å². The first-order chi connectivity index (χ1) is 26.1. The standard InChI is InChI=1S/C36H65N11O9/c1-8-20(6)27(38)32(52)46-28(19(4)5)33(53)42-21(7)29(49)44-23(13-14-26(37)48)34(54)47-16-10-12-25(47)31(51)43-22(11-9-15-41-36(39)40)30(50)45-24(35(55)56)17-18(2)3/h18-25,27-28H,8-17,38H2,1-7H3,(H2,37,48)(H,42,53)(H,43,51)(H,44,49)(H,45,50)(H,46,52)(H,55,56)(H4,39,40,41)/t20-,21-,22-,23-,24-,25-,27-,28-/m0/s1. The lowest BCUT2D eigenvalue weighted by atomic mass is 9.97. The van der Waals surface area contributed by atoms with Gasteiger partial charge >= 0.3 is 5.97 Å². The molecule has 1 heterocycles. The van der Waals surface area contributed by atoms with Gasteiger partial charge in [-0.25, -0.2) is 4.79 Å². The van der Waals surface area contributed by atoms with Gasteiger partial charge in [0.05, 0.1) is 6.04 Å². The van der Waals surface area contributed by atoms with E-state index in [9.17, 15) is 43.5 Å². The fourth-order valence-electron chi connectivity index (χ4n) is 6.01. The second-order valence-corrected chi connectivity index (χ2v) is 15.2. The van der Waals surface area contributed by atoms with Crippen molar-refractivity contribution in [2.75, 3.05) is 13.1 Å². The van der Waals surface area contributed by atoms with Crippen molar-refractivity contribution in [3.63, 3.8) is 0 Å². The molecule has 20 heteroatoms. The predicted molar refractivity (Wildman–Crippen MR) is 208 cm³/mol. The van der Waals surface area contributed by atoms with Crippen LogP contribution in [0.25, 0.3) is 0 Å². The minimum atomic E-state index is -1.33. The number of aliphatic carboxylic acids is 1. The highest BCUT2D eigenvalue weighted by Crippen LogP contribution is 2.21. The number of amides is 7. The Labute approximate surface area is 328 Å². The maximum atomic E-state index is 14.0. The summed E-state index contributed by atoms with van der Waals surface area (Å²) in [5, 5.41) is 22.6. The molecule has 0 aromatic carbocycles. The lowest BCUT2D eigenvalue weighted by molar-refractivity contribution is -0.144. The molecule has 318 valence electrons. The second kappa shape index (κ2) is 23.8. The van der Waals surface area contributed by atoms with Gasteiger partial charge in [0, 0.05) is 19.5 Å². The van der Waals surface area contributed by atoms with E-state index in [1.165, 1.54) is 11.8 Å². The topological polar surface area (TPSA) is 337 Å². The summed E-state index contributed by atoms with van der Waals surface area (Å²) in [5.41, 5.74) is 22.2. The van der Waals surface area contributed by atoms with Crippen molar-refractivity contribution in [3.05, 3.63) is 0 Å².